The molecular weight excluding hydrogens is 240 g/mol. The Labute approximate surface area is 102 Å². The molecule has 4 heteroatoms. The maximum Gasteiger partial charge on any atom is 0.0997 e. The lowest BCUT2D eigenvalue weighted by Gasteiger charge is -2.02. The van der Waals surface area contributed by atoms with Gasteiger partial charge in [-0.15, -0.1) is 10.2 Å². The molecule has 0 atom stereocenters. The molecule has 0 saturated carbocycles. The summed E-state index contributed by atoms with van der Waals surface area (Å²) in [4.78, 5) is 2.15. The second-order valence-electron chi connectivity index (χ2n) is 3.38. The highest BCUT2D eigenvalue weighted by atomic mass is 35.5. The van der Waals surface area contributed by atoms with Gasteiger partial charge in [-0.2, -0.15) is 0 Å². The Balaban J connectivity index is 2.18. The Morgan fingerprint density at radius 2 is 1.62 bits per heavy atom. The highest BCUT2D eigenvalue weighted by Gasteiger charge is 2.11. The van der Waals surface area contributed by atoms with E-state index < -0.39 is 0 Å². The van der Waals surface area contributed by atoms with Gasteiger partial charge in [0, 0.05) is 14.8 Å². The molecule has 1 aliphatic heterocycles. The molecule has 0 bridgehead atoms. The van der Waals surface area contributed by atoms with Crippen molar-refractivity contribution in [3.05, 3.63) is 47.5 Å². The van der Waals surface area contributed by atoms with Crippen molar-refractivity contribution in [3.8, 4) is 0 Å². The highest BCUT2D eigenvalue weighted by molar-refractivity contribution is 7.99. The van der Waals surface area contributed by atoms with Crippen LogP contribution in [-0.4, -0.2) is 0 Å². The number of benzene rings is 2. The van der Waals surface area contributed by atoms with E-state index in [4.69, 9.17) is 11.6 Å². The summed E-state index contributed by atoms with van der Waals surface area (Å²) in [5.74, 6) is 0. The van der Waals surface area contributed by atoms with E-state index in [1.54, 1.807) is 11.8 Å². The van der Waals surface area contributed by atoms with Gasteiger partial charge in [0.1, 0.15) is 0 Å². The molecule has 0 saturated heterocycles. The maximum absolute atomic E-state index is 5.97. The summed E-state index contributed by atoms with van der Waals surface area (Å²) in [6, 6.07) is 13.6. The third-order valence-corrected chi connectivity index (χ3v) is 3.62. The molecule has 2 aromatic rings. The SMILES string of the molecule is Clc1ccc2c(c1)Sc1ccccc1N=N2. The van der Waals surface area contributed by atoms with Gasteiger partial charge in [-0.1, -0.05) is 35.5 Å². The van der Waals surface area contributed by atoms with Gasteiger partial charge < -0.3 is 0 Å². The number of rotatable bonds is 0. The first-order valence-corrected chi connectivity index (χ1v) is 6.00. The van der Waals surface area contributed by atoms with Crippen molar-refractivity contribution in [3.63, 3.8) is 0 Å². The number of halogens is 1. The Morgan fingerprint density at radius 3 is 2.50 bits per heavy atom. The predicted molar refractivity (Wildman–Crippen MR) is 66.2 cm³/mol. The molecule has 0 fully saturated rings. The average molecular weight is 247 g/mol. The molecular formula is C12H7ClN2S. The molecule has 0 N–H and O–H groups in total. The normalized spacial score (nSPS) is 12.8. The number of fused-ring (bicyclic) bond motifs is 2. The predicted octanol–water partition coefficient (Wildman–Crippen LogP) is 5.22. The van der Waals surface area contributed by atoms with Crippen LogP contribution in [0.2, 0.25) is 5.02 Å². The van der Waals surface area contributed by atoms with Gasteiger partial charge in [0.2, 0.25) is 0 Å². The van der Waals surface area contributed by atoms with Gasteiger partial charge in [0.25, 0.3) is 0 Å². The Bertz CT molecular complexity index is 581. The number of hydrogen-bond acceptors (Lipinski definition) is 3. The molecule has 2 nitrogen and oxygen atoms in total. The quantitative estimate of drug-likeness (QED) is 0.534. The zero-order valence-electron chi connectivity index (χ0n) is 8.22. The monoisotopic (exact) mass is 246 g/mol. The summed E-state index contributed by atoms with van der Waals surface area (Å²) in [5, 5.41) is 9.16. The van der Waals surface area contributed by atoms with Crippen LogP contribution in [0.4, 0.5) is 11.4 Å². The van der Waals surface area contributed by atoms with E-state index in [0.29, 0.717) is 0 Å². The molecule has 0 aliphatic carbocycles. The summed E-state index contributed by atoms with van der Waals surface area (Å²) < 4.78 is 0. The van der Waals surface area contributed by atoms with E-state index in [1.807, 2.05) is 42.5 Å². The smallest absolute Gasteiger partial charge is 0.0997 e. The lowest BCUT2D eigenvalue weighted by atomic mass is 10.3. The Kier molecular flexibility index (Phi) is 2.42. The minimum atomic E-state index is 0.723. The molecule has 78 valence electrons. The summed E-state index contributed by atoms with van der Waals surface area (Å²) in [6.45, 7) is 0. The summed E-state index contributed by atoms with van der Waals surface area (Å²) in [5.41, 5.74) is 1.77. The molecule has 0 unspecified atom stereocenters. The van der Waals surface area contributed by atoms with Crippen LogP contribution in [0.5, 0.6) is 0 Å². The fourth-order valence-corrected chi connectivity index (χ4v) is 2.74. The standard InChI is InChI=1S/C12H7ClN2S/c13-8-5-6-10-12(7-8)16-11-4-2-1-3-9(11)14-15-10/h1-7H. The molecule has 1 heterocycles. The molecule has 2 aromatic carbocycles. The van der Waals surface area contributed by atoms with Gasteiger partial charge in [0.15, 0.2) is 0 Å². The molecule has 16 heavy (non-hydrogen) atoms. The summed E-state index contributed by atoms with van der Waals surface area (Å²) in [7, 11) is 0. The van der Waals surface area contributed by atoms with Crippen LogP contribution in [0.1, 0.15) is 0 Å². The van der Waals surface area contributed by atoms with E-state index in [0.717, 1.165) is 26.2 Å². The highest BCUT2D eigenvalue weighted by Crippen LogP contribution is 2.43. The first kappa shape index (κ1) is 9.87. The van der Waals surface area contributed by atoms with Crippen LogP contribution in [0, 0.1) is 0 Å². The number of nitrogens with zero attached hydrogens (tertiary/aromatic N) is 2. The van der Waals surface area contributed by atoms with Crippen LogP contribution in [0.3, 0.4) is 0 Å². The maximum atomic E-state index is 5.97. The van der Waals surface area contributed by atoms with Gasteiger partial charge in [0.05, 0.1) is 11.4 Å². The zero-order valence-corrected chi connectivity index (χ0v) is 9.79. The first-order valence-electron chi connectivity index (χ1n) is 4.81. The number of azo groups is 1. The fraction of sp³-hybridized carbons (Fsp3) is 0. The van der Waals surface area contributed by atoms with Crippen molar-refractivity contribution < 1.29 is 0 Å². The topological polar surface area (TPSA) is 24.7 Å². The lowest BCUT2D eigenvalue weighted by molar-refractivity contribution is 1.19. The van der Waals surface area contributed by atoms with Crippen molar-refractivity contribution in [2.45, 2.75) is 9.79 Å². The molecule has 0 radical (unpaired) electrons. The van der Waals surface area contributed by atoms with Gasteiger partial charge in [-0.05, 0) is 30.3 Å². The van der Waals surface area contributed by atoms with Crippen LogP contribution in [0.15, 0.2) is 62.5 Å². The largest absolute Gasteiger partial charge is 0.149 e. The summed E-state index contributed by atoms with van der Waals surface area (Å²) in [6.07, 6.45) is 0. The van der Waals surface area contributed by atoms with E-state index in [9.17, 15) is 0 Å². The molecule has 1 aliphatic rings. The van der Waals surface area contributed by atoms with E-state index in [1.165, 1.54) is 0 Å². The van der Waals surface area contributed by atoms with Gasteiger partial charge >= 0.3 is 0 Å². The van der Waals surface area contributed by atoms with Crippen molar-refractivity contribution in [2.24, 2.45) is 10.2 Å². The van der Waals surface area contributed by atoms with Gasteiger partial charge in [-0.25, -0.2) is 0 Å². The van der Waals surface area contributed by atoms with E-state index in [2.05, 4.69) is 10.2 Å². The third kappa shape index (κ3) is 1.72. The van der Waals surface area contributed by atoms with Crippen LogP contribution < -0.4 is 0 Å². The van der Waals surface area contributed by atoms with E-state index >= 15 is 0 Å². The second-order valence-corrected chi connectivity index (χ2v) is 4.90. The molecule has 0 spiro atoms. The van der Waals surface area contributed by atoms with Crippen molar-refractivity contribution >= 4 is 34.7 Å². The third-order valence-electron chi connectivity index (χ3n) is 2.27. The van der Waals surface area contributed by atoms with Crippen molar-refractivity contribution in [2.75, 3.05) is 0 Å². The van der Waals surface area contributed by atoms with Crippen LogP contribution >= 0.6 is 23.4 Å². The number of hydrogen-bond donors (Lipinski definition) is 0. The van der Waals surface area contributed by atoms with Crippen LogP contribution in [0.25, 0.3) is 0 Å². The molecule has 0 aromatic heterocycles. The van der Waals surface area contributed by atoms with Crippen molar-refractivity contribution in [1.29, 1.82) is 0 Å². The van der Waals surface area contributed by atoms with E-state index in [-0.39, 0.29) is 0 Å². The molecule has 3 rings (SSSR count). The zero-order chi connectivity index (χ0) is 11.0. The fourth-order valence-electron chi connectivity index (χ4n) is 1.50. The summed E-state index contributed by atoms with van der Waals surface area (Å²) >= 11 is 7.62. The van der Waals surface area contributed by atoms with Crippen molar-refractivity contribution in [1.82, 2.24) is 0 Å². The Morgan fingerprint density at radius 1 is 0.875 bits per heavy atom. The average Bonchev–Trinajstić information content (AvgIpc) is 2.47. The Hall–Kier alpha value is -1.32. The molecule has 0 amide bonds. The minimum Gasteiger partial charge on any atom is -0.149 e. The first-order chi connectivity index (χ1) is 7.83. The van der Waals surface area contributed by atoms with Crippen LogP contribution in [-0.2, 0) is 0 Å². The lowest BCUT2D eigenvalue weighted by Crippen LogP contribution is -1.73. The minimum absolute atomic E-state index is 0.723. The second kappa shape index (κ2) is 3.92. The van der Waals surface area contributed by atoms with Gasteiger partial charge in [-0.3, -0.25) is 0 Å².